The number of nitrogens with zero attached hydrogens (tertiary/aromatic N) is 1. The number of guanidine groups is 1. The molecular weight excluding hydrogens is 471 g/mol. The van der Waals surface area contributed by atoms with Gasteiger partial charge in [-0.2, -0.15) is 0 Å². The third-order valence-corrected chi connectivity index (χ3v) is 3.90. The van der Waals surface area contributed by atoms with Crippen molar-refractivity contribution >= 4 is 35.8 Å². The number of carbonyl (C=O) groups is 1. The number of halogens is 1. The molecule has 0 radical (unpaired) electrons. The molecule has 0 saturated heterocycles. The molecule has 0 aliphatic heterocycles. The van der Waals surface area contributed by atoms with Gasteiger partial charge in [-0.05, 0) is 44.0 Å². The van der Waals surface area contributed by atoms with Gasteiger partial charge in [-0.25, -0.2) is 4.99 Å². The summed E-state index contributed by atoms with van der Waals surface area (Å²) in [6, 6.07) is 9.63. The maximum absolute atomic E-state index is 12.0. The van der Waals surface area contributed by atoms with Crippen LogP contribution < -0.4 is 20.7 Å². The van der Waals surface area contributed by atoms with E-state index in [1.165, 1.54) is 6.26 Å². The van der Waals surface area contributed by atoms with E-state index in [1.807, 2.05) is 38.1 Å². The Kier molecular flexibility index (Phi) is 11.1. The number of aryl methyl sites for hydroxylation is 1. The lowest BCUT2D eigenvalue weighted by Crippen LogP contribution is -2.38. The van der Waals surface area contributed by atoms with E-state index in [-0.39, 0.29) is 29.9 Å². The fourth-order valence-electron chi connectivity index (χ4n) is 2.47. The number of hydrogen-bond donors (Lipinski definition) is 3. The van der Waals surface area contributed by atoms with Crippen LogP contribution >= 0.6 is 24.0 Å². The number of methoxy groups -OCH3 is 1. The van der Waals surface area contributed by atoms with E-state index >= 15 is 0 Å². The van der Waals surface area contributed by atoms with Gasteiger partial charge in [0.25, 0.3) is 5.91 Å². The highest BCUT2D eigenvalue weighted by molar-refractivity contribution is 14.0. The molecule has 154 valence electrons. The van der Waals surface area contributed by atoms with Crippen LogP contribution in [-0.4, -0.2) is 38.6 Å². The van der Waals surface area contributed by atoms with Crippen LogP contribution in [0.2, 0.25) is 0 Å². The molecule has 0 atom stereocenters. The molecule has 8 heteroatoms. The summed E-state index contributed by atoms with van der Waals surface area (Å²) in [4.78, 5) is 16.5. The van der Waals surface area contributed by atoms with Crippen LogP contribution in [0.15, 0.2) is 46.0 Å². The second-order valence-corrected chi connectivity index (χ2v) is 6.02. The first-order valence-electron chi connectivity index (χ1n) is 9.11. The van der Waals surface area contributed by atoms with Crippen molar-refractivity contribution in [2.45, 2.75) is 26.8 Å². The summed E-state index contributed by atoms with van der Waals surface area (Å²) in [5.41, 5.74) is 1.91. The molecule has 0 aliphatic rings. The molecule has 2 rings (SSSR count). The van der Waals surface area contributed by atoms with Gasteiger partial charge in [0, 0.05) is 25.2 Å². The molecule has 0 bridgehead atoms. The third-order valence-electron chi connectivity index (χ3n) is 3.90. The van der Waals surface area contributed by atoms with Crippen molar-refractivity contribution in [3.05, 3.63) is 53.5 Å². The number of aliphatic imine (C=N–C) groups is 1. The number of ether oxygens (including phenoxy) is 1. The Labute approximate surface area is 183 Å². The summed E-state index contributed by atoms with van der Waals surface area (Å²) in [5, 5.41) is 9.34. The lowest BCUT2D eigenvalue weighted by Gasteiger charge is -2.11. The predicted octanol–water partition coefficient (Wildman–Crippen LogP) is 3.09. The molecule has 2 aromatic rings. The molecule has 1 aromatic carbocycles. The Bertz CT molecular complexity index is 761. The fraction of sp³-hybridized carbons (Fsp3) is 0.400. The van der Waals surface area contributed by atoms with Crippen LogP contribution in [0.3, 0.4) is 0 Å². The Balaban J connectivity index is 0.00000392. The zero-order valence-corrected chi connectivity index (χ0v) is 18.9. The SMILES string of the molecule is CCNC(=NCc1cccc(OC)c1)NCCCNC(=O)c1occc1C.I. The van der Waals surface area contributed by atoms with Crippen molar-refractivity contribution in [2.75, 3.05) is 26.7 Å². The summed E-state index contributed by atoms with van der Waals surface area (Å²) in [6.45, 7) is 6.46. The smallest absolute Gasteiger partial charge is 0.287 e. The van der Waals surface area contributed by atoms with Crippen molar-refractivity contribution in [3.8, 4) is 5.75 Å². The molecule has 0 spiro atoms. The summed E-state index contributed by atoms with van der Waals surface area (Å²) >= 11 is 0. The van der Waals surface area contributed by atoms with Crippen LogP contribution in [0.25, 0.3) is 0 Å². The predicted molar refractivity (Wildman–Crippen MR) is 122 cm³/mol. The average Bonchev–Trinajstić information content (AvgIpc) is 3.11. The van der Waals surface area contributed by atoms with Gasteiger partial charge < -0.3 is 25.1 Å². The van der Waals surface area contributed by atoms with Gasteiger partial charge in [-0.3, -0.25) is 4.79 Å². The Morgan fingerprint density at radius 2 is 1.96 bits per heavy atom. The van der Waals surface area contributed by atoms with Crippen molar-refractivity contribution in [1.82, 2.24) is 16.0 Å². The normalized spacial score (nSPS) is 10.8. The molecular formula is C20H29IN4O3. The number of amides is 1. The van der Waals surface area contributed by atoms with Crippen LogP contribution in [0.1, 0.15) is 35.0 Å². The number of rotatable bonds is 9. The minimum absolute atomic E-state index is 0. The first-order chi connectivity index (χ1) is 13.1. The molecule has 0 fully saturated rings. The van der Waals surface area contributed by atoms with Gasteiger partial charge in [-0.15, -0.1) is 24.0 Å². The largest absolute Gasteiger partial charge is 0.497 e. The van der Waals surface area contributed by atoms with E-state index in [9.17, 15) is 4.79 Å². The van der Waals surface area contributed by atoms with Crippen LogP contribution in [0.5, 0.6) is 5.75 Å². The Morgan fingerprint density at radius 3 is 2.64 bits per heavy atom. The van der Waals surface area contributed by atoms with Gasteiger partial charge >= 0.3 is 0 Å². The highest BCUT2D eigenvalue weighted by Gasteiger charge is 2.11. The van der Waals surface area contributed by atoms with E-state index in [4.69, 9.17) is 9.15 Å². The maximum atomic E-state index is 12.0. The summed E-state index contributed by atoms with van der Waals surface area (Å²) < 4.78 is 10.4. The van der Waals surface area contributed by atoms with E-state index in [1.54, 1.807) is 13.2 Å². The zero-order chi connectivity index (χ0) is 19.5. The second kappa shape index (κ2) is 13.0. The molecule has 0 aliphatic carbocycles. The maximum Gasteiger partial charge on any atom is 0.287 e. The minimum atomic E-state index is -0.184. The van der Waals surface area contributed by atoms with Crippen molar-refractivity contribution < 1.29 is 13.9 Å². The minimum Gasteiger partial charge on any atom is -0.497 e. The highest BCUT2D eigenvalue weighted by Crippen LogP contribution is 2.13. The average molecular weight is 500 g/mol. The number of nitrogens with one attached hydrogen (secondary N) is 3. The number of carbonyl (C=O) groups excluding carboxylic acids is 1. The van der Waals surface area contributed by atoms with Crippen LogP contribution in [0, 0.1) is 6.92 Å². The molecule has 1 amide bonds. The molecule has 0 saturated carbocycles. The van der Waals surface area contributed by atoms with Crippen molar-refractivity contribution in [3.63, 3.8) is 0 Å². The Hall–Kier alpha value is -2.23. The summed E-state index contributed by atoms with van der Waals surface area (Å²) in [7, 11) is 1.65. The molecule has 0 unspecified atom stereocenters. The molecule has 1 aromatic heterocycles. The highest BCUT2D eigenvalue weighted by atomic mass is 127. The van der Waals surface area contributed by atoms with Crippen LogP contribution in [-0.2, 0) is 6.54 Å². The molecule has 7 nitrogen and oxygen atoms in total. The first-order valence-corrected chi connectivity index (χ1v) is 9.11. The van der Waals surface area contributed by atoms with Gasteiger partial charge in [0.05, 0.1) is 19.9 Å². The fourth-order valence-corrected chi connectivity index (χ4v) is 2.47. The standard InChI is InChI=1S/C20H28N4O3.HI/c1-4-21-20(24-14-16-7-5-8-17(13-16)26-3)23-11-6-10-22-19(25)18-15(2)9-12-27-18;/h5,7-9,12-13H,4,6,10-11,14H2,1-3H3,(H,22,25)(H2,21,23,24);1H. The third kappa shape index (κ3) is 7.79. The van der Waals surface area contributed by atoms with E-state index in [0.717, 1.165) is 35.8 Å². The zero-order valence-electron chi connectivity index (χ0n) is 16.6. The van der Waals surface area contributed by atoms with E-state index < -0.39 is 0 Å². The lowest BCUT2D eigenvalue weighted by molar-refractivity contribution is 0.0925. The monoisotopic (exact) mass is 500 g/mol. The molecule has 3 N–H and O–H groups in total. The van der Waals surface area contributed by atoms with Crippen molar-refractivity contribution in [2.24, 2.45) is 4.99 Å². The Morgan fingerprint density at radius 1 is 1.18 bits per heavy atom. The van der Waals surface area contributed by atoms with E-state index in [0.29, 0.717) is 25.4 Å². The molecule has 1 heterocycles. The van der Waals surface area contributed by atoms with Gasteiger partial charge in [0.15, 0.2) is 11.7 Å². The van der Waals surface area contributed by atoms with E-state index in [2.05, 4.69) is 20.9 Å². The summed E-state index contributed by atoms with van der Waals surface area (Å²) in [5.74, 6) is 1.75. The number of furan rings is 1. The lowest BCUT2D eigenvalue weighted by atomic mass is 10.2. The topological polar surface area (TPSA) is 87.9 Å². The first kappa shape index (κ1) is 23.8. The van der Waals surface area contributed by atoms with Crippen LogP contribution in [0.4, 0.5) is 0 Å². The van der Waals surface area contributed by atoms with Gasteiger partial charge in [-0.1, -0.05) is 12.1 Å². The van der Waals surface area contributed by atoms with Gasteiger partial charge in [0.1, 0.15) is 5.75 Å². The second-order valence-electron chi connectivity index (χ2n) is 6.02. The summed E-state index contributed by atoms with van der Waals surface area (Å²) in [6.07, 6.45) is 2.29. The van der Waals surface area contributed by atoms with Crippen molar-refractivity contribution in [1.29, 1.82) is 0 Å². The van der Waals surface area contributed by atoms with Gasteiger partial charge in [0.2, 0.25) is 0 Å². The number of hydrogen-bond acceptors (Lipinski definition) is 4. The number of benzene rings is 1. The quantitative estimate of drug-likeness (QED) is 0.213. The molecule has 28 heavy (non-hydrogen) atoms.